The van der Waals surface area contributed by atoms with Crippen LogP contribution in [0, 0.1) is 29.3 Å². The maximum absolute atomic E-state index is 15.0. The molecule has 2 fully saturated rings. The molecule has 2 unspecified atom stereocenters. The molecular weight excluding hydrogens is 520 g/mol. The second-order valence-electron chi connectivity index (χ2n) is 10.3. The largest absolute Gasteiger partial charge is 0.527 e. The highest BCUT2D eigenvalue weighted by Gasteiger charge is 2.49. The molecule has 1 saturated heterocycles. The Bertz CT molecular complexity index is 1080. The van der Waals surface area contributed by atoms with Crippen molar-refractivity contribution in [2.24, 2.45) is 11.8 Å². The van der Waals surface area contributed by atoms with Gasteiger partial charge in [-0.1, -0.05) is 25.5 Å². The number of ether oxygens (including phenoxy) is 2. The Morgan fingerprint density at radius 2 is 1.50 bits per heavy atom. The number of halogens is 8. The average Bonchev–Trinajstić information content (AvgIpc) is 2.82. The molecule has 10 heteroatoms. The molecule has 0 N–H and O–H groups in total. The lowest BCUT2D eigenvalue weighted by Gasteiger charge is -2.38. The van der Waals surface area contributed by atoms with Gasteiger partial charge in [0.15, 0.2) is 0 Å². The first-order chi connectivity index (χ1) is 17.9. The van der Waals surface area contributed by atoms with Crippen LogP contribution in [0.1, 0.15) is 75.3 Å². The lowest BCUT2D eigenvalue weighted by Crippen LogP contribution is -2.34. The van der Waals surface area contributed by atoms with Gasteiger partial charge in [-0.05, 0) is 92.0 Å². The van der Waals surface area contributed by atoms with Crippen LogP contribution in [0.2, 0.25) is 0 Å². The standard InChI is InChI=1S/C28H30F8O2/c1-2-3-16-4-11-25(37-15-16)18-7-5-17(6-8-18)19-9-10-21(22(29)12-19)20-13-23(30)26(24(31)14-20)27(32,33)38-28(34,35)36/h9-10,12-14,16-18,25H,2-8,11,15H2,1H3. The van der Waals surface area contributed by atoms with Crippen LogP contribution in [0.15, 0.2) is 30.3 Å². The quantitative estimate of drug-likeness (QED) is 0.320. The van der Waals surface area contributed by atoms with E-state index in [4.69, 9.17) is 4.74 Å². The first kappa shape index (κ1) is 28.8. The third-order valence-corrected chi connectivity index (χ3v) is 7.75. The van der Waals surface area contributed by atoms with E-state index in [0.29, 0.717) is 24.0 Å². The fraction of sp³-hybridized carbons (Fsp3) is 0.571. The fourth-order valence-corrected chi connectivity index (χ4v) is 5.88. The third kappa shape index (κ3) is 6.68. The molecule has 1 aliphatic heterocycles. The monoisotopic (exact) mass is 550 g/mol. The number of rotatable bonds is 7. The van der Waals surface area contributed by atoms with Crippen molar-refractivity contribution in [1.29, 1.82) is 0 Å². The van der Waals surface area contributed by atoms with E-state index in [0.717, 1.165) is 50.7 Å². The minimum absolute atomic E-state index is 0.0975. The van der Waals surface area contributed by atoms with Gasteiger partial charge in [-0.2, -0.15) is 8.78 Å². The van der Waals surface area contributed by atoms with Crippen LogP contribution in [0.4, 0.5) is 35.1 Å². The Kier molecular flexibility index (Phi) is 8.71. The lowest BCUT2D eigenvalue weighted by molar-refractivity contribution is -0.432. The summed E-state index contributed by atoms with van der Waals surface area (Å²) in [5, 5.41) is 0. The van der Waals surface area contributed by atoms with Crippen molar-refractivity contribution in [3.05, 3.63) is 58.9 Å². The van der Waals surface area contributed by atoms with E-state index >= 15 is 0 Å². The first-order valence-corrected chi connectivity index (χ1v) is 12.9. The maximum atomic E-state index is 15.0. The van der Waals surface area contributed by atoms with Crippen LogP contribution in [0.25, 0.3) is 11.1 Å². The average molecular weight is 551 g/mol. The molecule has 2 aromatic carbocycles. The Hall–Kier alpha value is -2.20. The SMILES string of the molecule is CCCC1CCC(C2CCC(c3ccc(-c4cc(F)c(C(F)(F)OC(F)(F)F)c(F)c4)c(F)c3)CC2)OC1. The summed E-state index contributed by atoms with van der Waals surface area (Å²) in [5.74, 6) is -3.59. The van der Waals surface area contributed by atoms with Crippen LogP contribution >= 0.6 is 0 Å². The van der Waals surface area contributed by atoms with Gasteiger partial charge in [-0.3, -0.25) is 0 Å². The summed E-state index contributed by atoms with van der Waals surface area (Å²) in [7, 11) is 0. The highest BCUT2D eigenvalue weighted by molar-refractivity contribution is 5.65. The first-order valence-electron chi connectivity index (χ1n) is 12.9. The Morgan fingerprint density at radius 3 is 2.03 bits per heavy atom. The number of alkyl halides is 5. The van der Waals surface area contributed by atoms with Gasteiger partial charge < -0.3 is 4.74 Å². The zero-order valence-electron chi connectivity index (χ0n) is 20.9. The summed E-state index contributed by atoms with van der Waals surface area (Å²) in [6.07, 6.45) is -2.72. The molecule has 1 heterocycles. The maximum Gasteiger partial charge on any atom is 0.527 e. The summed E-state index contributed by atoms with van der Waals surface area (Å²) in [6, 6.07) is 4.92. The molecule has 1 saturated carbocycles. The van der Waals surface area contributed by atoms with E-state index in [9.17, 15) is 35.1 Å². The summed E-state index contributed by atoms with van der Waals surface area (Å²) < 4.78 is 117. The molecule has 38 heavy (non-hydrogen) atoms. The zero-order valence-corrected chi connectivity index (χ0v) is 20.9. The van der Waals surface area contributed by atoms with Gasteiger partial charge in [0, 0.05) is 12.2 Å². The predicted molar refractivity (Wildman–Crippen MR) is 125 cm³/mol. The summed E-state index contributed by atoms with van der Waals surface area (Å²) >= 11 is 0. The van der Waals surface area contributed by atoms with E-state index in [2.05, 4.69) is 11.7 Å². The molecule has 0 spiro atoms. The van der Waals surface area contributed by atoms with Gasteiger partial charge in [0.1, 0.15) is 23.0 Å². The van der Waals surface area contributed by atoms with Crippen molar-refractivity contribution >= 4 is 0 Å². The fourth-order valence-electron chi connectivity index (χ4n) is 5.88. The van der Waals surface area contributed by atoms with Gasteiger partial charge in [0.2, 0.25) is 0 Å². The van der Waals surface area contributed by atoms with E-state index in [1.807, 2.05) is 0 Å². The van der Waals surface area contributed by atoms with Crippen molar-refractivity contribution in [2.75, 3.05) is 6.61 Å². The third-order valence-electron chi connectivity index (χ3n) is 7.75. The smallest absolute Gasteiger partial charge is 0.378 e. The van der Waals surface area contributed by atoms with Gasteiger partial charge in [0.05, 0.1) is 6.10 Å². The Balaban J connectivity index is 1.43. The number of hydrogen-bond acceptors (Lipinski definition) is 2. The van der Waals surface area contributed by atoms with Gasteiger partial charge in [-0.15, -0.1) is 13.2 Å². The van der Waals surface area contributed by atoms with Gasteiger partial charge >= 0.3 is 12.5 Å². The van der Waals surface area contributed by atoms with Crippen LogP contribution in [0.5, 0.6) is 0 Å². The van der Waals surface area contributed by atoms with E-state index in [1.165, 1.54) is 25.0 Å². The predicted octanol–water partition coefficient (Wildman–Crippen LogP) is 9.23. The van der Waals surface area contributed by atoms with Crippen molar-refractivity contribution in [1.82, 2.24) is 0 Å². The molecule has 0 bridgehead atoms. The zero-order chi connectivity index (χ0) is 27.7. The van der Waals surface area contributed by atoms with E-state index < -0.39 is 41.0 Å². The second-order valence-corrected chi connectivity index (χ2v) is 10.3. The second kappa shape index (κ2) is 11.5. The van der Waals surface area contributed by atoms with Crippen LogP contribution in [0.3, 0.4) is 0 Å². The van der Waals surface area contributed by atoms with Crippen LogP contribution in [-0.4, -0.2) is 19.1 Å². The Morgan fingerprint density at radius 1 is 0.842 bits per heavy atom. The molecule has 1 aliphatic carbocycles. The molecule has 4 rings (SSSR count). The molecule has 0 aromatic heterocycles. The summed E-state index contributed by atoms with van der Waals surface area (Å²) in [5.41, 5.74) is -2.16. The van der Waals surface area contributed by atoms with Crippen molar-refractivity contribution in [3.63, 3.8) is 0 Å². The van der Waals surface area contributed by atoms with Gasteiger partial charge in [0.25, 0.3) is 0 Å². The van der Waals surface area contributed by atoms with Gasteiger partial charge in [-0.25, -0.2) is 17.9 Å². The van der Waals surface area contributed by atoms with Crippen LogP contribution in [-0.2, 0) is 15.6 Å². The number of hydrogen-bond donors (Lipinski definition) is 0. The summed E-state index contributed by atoms with van der Waals surface area (Å²) in [6.45, 7) is 2.98. The molecule has 2 atom stereocenters. The molecule has 2 aromatic rings. The van der Waals surface area contributed by atoms with E-state index in [-0.39, 0.29) is 17.6 Å². The number of benzene rings is 2. The van der Waals surface area contributed by atoms with E-state index in [1.54, 1.807) is 6.07 Å². The minimum Gasteiger partial charge on any atom is -0.378 e. The normalized spacial score (nSPS) is 25.0. The minimum atomic E-state index is -5.83. The van der Waals surface area contributed by atoms with Crippen LogP contribution < -0.4 is 0 Å². The molecule has 0 radical (unpaired) electrons. The Labute approximate surface area is 216 Å². The highest BCUT2D eigenvalue weighted by atomic mass is 19.4. The topological polar surface area (TPSA) is 18.5 Å². The van der Waals surface area contributed by atoms with Crippen molar-refractivity contribution < 1.29 is 44.6 Å². The molecule has 2 nitrogen and oxygen atoms in total. The molecule has 0 amide bonds. The van der Waals surface area contributed by atoms with Crippen molar-refractivity contribution in [3.8, 4) is 11.1 Å². The molecular formula is C28H30F8O2. The van der Waals surface area contributed by atoms with Crippen molar-refractivity contribution in [2.45, 2.75) is 82.8 Å². The summed E-state index contributed by atoms with van der Waals surface area (Å²) in [4.78, 5) is 0. The highest BCUT2D eigenvalue weighted by Crippen LogP contribution is 2.43. The molecule has 210 valence electrons. The lowest BCUT2D eigenvalue weighted by atomic mass is 9.75. The molecule has 2 aliphatic rings.